The maximum Gasteiger partial charge on any atom is 0.120 e. The lowest BCUT2D eigenvalue weighted by Gasteiger charge is -1.99. The van der Waals surface area contributed by atoms with Crippen LogP contribution in [0.2, 0.25) is 0 Å². The Balaban J connectivity index is 1.78. The molecule has 2 aromatic rings. The van der Waals surface area contributed by atoms with Crippen molar-refractivity contribution in [3.8, 4) is 0 Å². The Hall–Kier alpha value is -1.55. The van der Waals surface area contributed by atoms with Crippen LogP contribution in [0.15, 0.2) is 30.9 Å². The number of imidazole rings is 1. The highest BCUT2D eigenvalue weighted by molar-refractivity contribution is 5.09. The van der Waals surface area contributed by atoms with E-state index in [9.17, 15) is 0 Å². The molecule has 2 heterocycles. The Morgan fingerprint density at radius 1 is 1.50 bits per heavy atom. The van der Waals surface area contributed by atoms with E-state index in [4.69, 9.17) is 0 Å². The zero-order chi connectivity index (χ0) is 9.80. The zero-order valence-electron chi connectivity index (χ0n) is 8.20. The predicted molar refractivity (Wildman–Crippen MR) is 54.5 cm³/mol. The monoisotopic (exact) mass is 190 g/mol. The van der Waals surface area contributed by atoms with Gasteiger partial charge in [-0.25, -0.2) is 4.98 Å². The number of rotatable bonds is 4. The number of aromatic amines is 1. The average Bonchev–Trinajstić information content (AvgIpc) is 2.77. The van der Waals surface area contributed by atoms with Gasteiger partial charge in [0.2, 0.25) is 0 Å². The number of hydrogen-bond acceptors (Lipinski definition) is 2. The molecule has 4 heteroatoms. The Morgan fingerprint density at radius 2 is 2.43 bits per heavy atom. The third-order valence-electron chi connectivity index (χ3n) is 2.07. The van der Waals surface area contributed by atoms with E-state index in [1.807, 2.05) is 24.0 Å². The second-order valence-corrected chi connectivity index (χ2v) is 3.32. The van der Waals surface area contributed by atoms with Crippen LogP contribution in [0.25, 0.3) is 0 Å². The van der Waals surface area contributed by atoms with Crippen molar-refractivity contribution in [1.82, 2.24) is 19.9 Å². The summed E-state index contributed by atoms with van der Waals surface area (Å²) in [6.07, 6.45) is 7.75. The van der Waals surface area contributed by atoms with Crippen LogP contribution in [0.3, 0.4) is 0 Å². The minimum atomic E-state index is 0.780. The first-order valence-corrected chi connectivity index (χ1v) is 4.64. The lowest BCUT2D eigenvalue weighted by molar-refractivity contribution is 0.668. The molecule has 2 rings (SSSR count). The summed E-state index contributed by atoms with van der Waals surface area (Å²) in [5.41, 5.74) is 1.29. The molecule has 2 aromatic heterocycles. The first-order valence-electron chi connectivity index (χ1n) is 4.64. The highest BCUT2D eigenvalue weighted by atomic mass is 15.0. The van der Waals surface area contributed by atoms with Gasteiger partial charge in [0.15, 0.2) is 0 Å². The number of H-pyrrole nitrogens is 1. The van der Waals surface area contributed by atoms with Crippen LogP contribution in [0.5, 0.6) is 0 Å². The predicted octanol–water partition coefficient (Wildman–Crippen LogP) is 1.04. The fourth-order valence-electron chi connectivity index (χ4n) is 1.39. The smallest absolute Gasteiger partial charge is 0.120 e. The van der Waals surface area contributed by atoms with Crippen molar-refractivity contribution in [2.75, 3.05) is 0 Å². The van der Waals surface area contributed by atoms with Gasteiger partial charge in [-0.3, -0.25) is 0 Å². The molecule has 0 bridgehead atoms. The topological polar surface area (TPSA) is 45.6 Å². The molecule has 0 fully saturated rings. The number of nitrogens with one attached hydrogen (secondary N) is 2. The molecule has 0 aliphatic rings. The summed E-state index contributed by atoms with van der Waals surface area (Å²) >= 11 is 0. The van der Waals surface area contributed by atoms with Gasteiger partial charge in [0.05, 0.1) is 6.54 Å². The highest BCUT2D eigenvalue weighted by Gasteiger charge is 1.95. The third-order valence-corrected chi connectivity index (χ3v) is 2.07. The van der Waals surface area contributed by atoms with Crippen molar-refractivity contribution >= 4 is 0 Å². The minimum absolute atomic E-state index is 0.780. The number of aromatic nitrogens is 3. The summed E-state index contributed by atoms with van der Waals surface area (Å²) in [4.78, 5) is 7.18. The molecular weight excluding hydrogens is 176 g/mol. The summed E-state index contributed by atoms with van der Waals surface area (Å²) < 4.78 is 2.05. The van der Waals surface area contributed by atoms with Gasteiger partial charge in [-0.2, -0.15) is 0 Å². The van der Waals surface area contributed by atoms with Gasteiger partial charge in [-0.15, -0.1) is 0 Å². The molecule has 0 amide bonds. The number of hydrogen-bond donors (Lipinski definition) is 2. The van der Waals surface area contributed by atoms with Crippen molar-refractivity contribution < 1.29 is 0 Å². The molecule has 0 radical (unpaired) electrons. The van der Waals surface area contributed by atoms with E-state index in [1.165, 1.54) is 5.56 Å². The maximum atomic E-state index is 4.13. The molecule has 4 nitrogen and oxygen atoms in total. The average molecular weight is 190 g/mol. The van der Waals surface area contributed by atoms with E-state index in [-0.39, 0.29) is 0 Å². The minimum Gasteiger partial charge on any atom is -0.357 e. The van der Waals surface area contributed by atoms with Gasteiger partial charge in [-0.05, 0) is 11.6 Å². The molecule has 0 spiro atoms. The van der Waals surface area contributed by atoms with E-state index in [0.29, 0.717) is 0 Å². The first kappa shape index (κ1) is 9.02. The van der Waals surface area contributed by atoms with Gasteiger partial charge >= 0.3 is 0 Å². The highest BCUT2D eigenvalue weighted by Crippen LogP contribution is 1.98. The molecule has 0 saturated carbocycles. The van der Waals surface area contributed by atoms with Crippen molar-refractivity contribution in [3.63, 3.8) is 0 Å². The number of aryl methyl sites for hydroxylation is 1. The van der Waals surface area contributed by atoms with E-state index in [2.05, 4.69) is 27.5 Å². The molecule has 2 N–H and O–H groups in total. The van der Waals surface area contributed by atoms with Gasteiger partial charge < -0.3 is 14.9 Å². The largest absolute Gasteiger partial charge is 0.357 e. The molecule has 0 unspecified atom stereocenters. The first-order chi connectivity index (χ1) is 6.84. The molecule has 0 aromatic carbocycles. The van der Waals surface area contributed by atoms with E-state index in [0.717, 1.165) is 18.9 Å². The lowest BCUT2D eigenvalue weighted by atomic mass is 10.3. The normalized spacial score (nSPS) is 10.6. The van der Waals surface area contributed by atoms with Crippen molar-refractivity contribution in [2.45, 2.75) is 13.1 Å². The van der Waals surface area contributed by atoms with E-state index >= 15 is 0 Å². The zero-order valence-corrected chi connectivity index (χ0v) is 8.20. The second-order valence-electron chi connectivity index (χ2n) is 3.32. The van der Waals surface area contributed by atoms with E-state index < -0.39 is 0 Å². The van der Waals surface area contributed by atoms with E-state index in [1.54, 1.807) is 6.20 Å². The summed E-state index contributed by atoms with van der Waals surface area (Å²) in [5.74, 6) is 0.973. The van der Waals surface area contributed by atoms with Crippen LogP contribution in [-0.4, -0.2) is 14.5 Å². The maximum absolute atomic E-state index is 4.13. The van der Waals surface area contributed by atoms with Crippen LogP contribution >= 0.6 is 0 Å². The van der Waals surface area contributed by atoms with Crippen LogP contribution in [0.4, 0.5) is 0 Å². The van der Waals surface area contributed by atoms with Crippen LogP contribution < -0.4 is 5.32 Å². The van der Waals surface area contributed by atoms with Gasteiger partial charge in [0.1, 0.15) is 5.82 Å². The van der Waals surface area contributed by atoms with Gasteiger partial charge in [0.25, 0.3) is 0 Å². The van der Waals surface area contributed by atoms with Gasteiger partial charge in [0, 0.05) is 38.4 Å². The van der Waals surface area contributed by atoms with Crippen LogP contribution in [-0.2, 0) is 20.1 Å². The Labute approximate surface area is 83.0 Å². The number of nitrogens with zero attached hydrogens (tertiary/aromatic N) is 2. The molecule has 0 atom stereocenters. The van der Waals surface area contributed by atoms with Gasteiger partial charge in [-0.1, -0.05) is 0 Å². The second kappa shape index (κ2) is 4.11. The SMILES string of the molecule is Cn1ccc(CNCc2ncc[nH]2)c1. The summed E-state index contributed by atoms with van der Waals surface area (Å²) in [5, 5.41) is 3.31. The van der Waals surface area contributed by atoms with Crippen molar-refractivity contribution in [3.05, 3.63) is 42.2 Å². The Kier molecular flexibility index (Phi) is 2.65. The summed E-state index contributed by atoms with van der Waals surface area (Å²) in [7, 11) is 2.02. The quantitative estimate of drug-likeness (QED) is 0.756. The summed E-state index contributed by atoms with van der Waals surface area (Å²) in [6.45, 7) is 1.66. The molecular formula is C10H14N4. The summed E-state index contributed by atoms with van der Waals surface area (Å²) in [6, 6.07) is 2.11. The van der Waals surface area contributed by atoms with Crippen molar-refractivity contribution in [1.29, 1.82) is 0 Å². The Morgan fingerprint density at radius 3 is 3.07 bits per heavy atom. The standard InChI is InChI=1S/C10H14N4/c1-14-5-2-9(8-14)6-11-7-10-12-3-4-13-10/h2-5,8,11H,6-7H2,1H3,(H,12,13). The van der Waals surface area contributed by atoms with Crippen molar-refractivity contribution in [2.24, 2.45) is 7.05 Å². The Bertz CT molecular complexity index is 374. The fourth-order valence-corrected chi connectivity index (χ4v) is 1.39. The third kappa shape index (κ3) is 2.23. The molecule has 0 aliphatic carbocycles. The molecule has 14 heavy (non-hydrogen) atoms. The van der Waals surface area contributed by atoms with Crippen LogP contribution in [0, 0.1) is 0 Å². The fraction of sp³-hybridized carbons (Fsp3) is 0.300. The molecule has 0 saturated heterocycles. The molecule has 0 aliphatic heterocycles. The molecule has 74 valence electrons. The van der Waals surface area contributed by atoms with Crippen LogP contribution in [0.1, 0.15) is 11.4 Å². The lowest BCUT2D eigenvalue weighted by Crippen LogP contribution is -2.13.